The third-order valence-electron chi connectivity index (χ3n) is 3.82. The molecule has 1 aliphatic heterocycles. The van der Waals surface area contributed by atoms with Crippen LogP contribution in [0.3, 0.4) is 0 Å². The molecule has 0 radical (unpaired) electrons. The van der Waals surface area contributed by atoms with Crippen LogP contribution in [0.2, 0.25) is 0 Å². The van der Waals surface area contributed by atoms with Gasteiger partial charge in [0.2, 0.25) is 0 Å². The number of ether oxygens (including phenoxy) is 1. The molecule has 1 rings (SSSR count). The van der Waals surface area contributed by atoms with E-state index in [-0.39, 0.29) is 17.7 Å². The van der Waals surface area contributed by atoms with E-state index in [4.69, 9.17) is 4.74 Å². The minimum atomic E-state index is -0.241. The van der Waals surface area contributed by atoms with Crippen molar-refractivity contribution in [3.63, 3.8) is 0 Å². The molecule has 0 spiro atoms. The van der Waals surface area contributed by atoms with Crippen LogP contribution in [0.15, 0.2) is 0 Å². The molecule has 0 unspecified atom stereocenters. The summed E-state index contributed by atoms with van der Waals surface area (Å²) in [4.78, 5) is 2.18. The van der Waals surface area contributed by atoms with Gasteiger partial charge in [-0.3, -0.25) is 0 Å². The van der Waals surface area contributed by atoms with Gasteiger partial charge in [0.1, 0.15) is 6.67 Å². The van der Waals surface area contributed by atoms with Crippen LogP contribution in [0.1, 0.15) is 33.6 Å². The molecule has 90 valence electrons. The van der Waals surface area contributed by atoms with E-state index in [1.807, 2.05) is 0 Å². The molecular weight excluding hydrogens is 193 g/mol. The first-order chi connectivity index (χ1) is 6.95. The summed E-state index contributed by atoms with van der Waals surface area (Å²) in [5.74, 6) is 0. The van der Waals surface area contributed by atoms with Crippen molar-refractivity contribution >= 4 is 0 Å². The van der Waals surface area contributed by atoms with E-state index in [0.717, 1.165) is 25.9 Å². The molecule has 0 aliphatic carbocycles. The van der Waals surface area contributed by atoms with E-state index < -0.39 is 0 Å². The van der Waals surface area contributed by atoms with Crippen LogP contribution in [0, 0.1) is 5.41 Å². The Morgan fingerprint density at radius 2 is 1.80 bits per heavy atom. The molecule has 1 aliphatic rings. The predicted molar refractivity (Wildman–Crippen MR) is 60.8 cm³/mol. The van der Waals surface area contributed by atoms with Crippen molar-refractivity contribution in [2.75, 3.05) is 33.4 Å². The summed E-state index contributed by atoms with van der Waals surface area (Å²) in [6.07, 6.45) is 2.01. The topological polar surface area (TPSA) is 12.5 Å². The maximum absolute atomic E-state index is 12.2. The van der Waals surface area contributed by atoms with Gasteiger partial charge in [0, 0.05) is 26.7 Å². The first-order valence-electron chi connectivity index (χ1n) is 5.79. The number of halogens is 1. The average Bonchev–Trinajstić information content (AvgIpc) is 2.18. The van der Waals surface area contributed by atoms with Crippen LogP contribution >= 0.6 is 0 Å². The Balaban J connectivity index is 2.59. The second-order valence-corrected chi connectivity index (χ2v) is 5.48. The monoisotopic (exact) mass is 217 g/mol. The smallest absolute Gasteiger partial charge is 0.102 e. The Hall–Kier alpha value is -0.150. The molecule has 0 aromatic rings. The Bertz CT molecular complexity index is 192. The number of hydrogen-bond acceptors (Lipinski definition) is 2. The van der Waals surface area contributed by atoms with Gasteiger partial charge in [-0.25, -0.2) is 4.39 Å². The van der Waals surface area contributed by atoms with Crippen LogP contribution < -0.4 is 0 Å². The van der Waals surface area contributed by atoms with Gasteiger partial charge in [0.05, 0.1) is 5.60 Å². The van der Waals surface area contributed by atoms with E-state index in [1.165, 1.54) is 0 Å². The lowest BCUT2D eigenvalue weighted by atomic mass is 9.70. The fourth-order valence-corrected chi connectivity index (χ4v) is 2.52. The second kappa shape index (κ2) is 4.79. The van der Waals surface area contributed by atoms with Crippen molar-refractivity contribution in [3.8, 4) is 0 Å². The van der Waals surface area contributed by atoms with Gasteiger partial charge in [0.15, 0.2) is 0 Å². The minimum Gasteiger partial charge on any atom is -0.378 e. The molecule has 0 aromatic heterocycles. The highest BCUT2D eigenvalue weighted by molar-refractivity contribution is 4.96. The normalized spacial score (nSPS) is 23.0. The van der Waals surface area contributed by atoms with Crippen molar-refractivity contribution < 1.29 is 9.13 Å². The molecule has 0 atom stereocenters. The van der Waals surface area contributed by atoms with Crippen molar-refractivity contribution in [2.45, 2.75) is 39.2 Å². The second-order valence-electron chi connectivity index (χ2n) is 5.48. The summed E-state index contributed by atoms with van der Waals surface area (Å²) < 4.78 is 18.0. The lowest BCUT2D eigenvalue weighted by Crippen LogP contribution is -2.53. The zero-order valence-corrected chi connectivity index (χ0v) is 10.5. The fraction of sp³-hybridized carbons (Fsp3) is 1.00. The number of nitrogens with zero attached hydrogens (tertiary/aromatic N) is 1. The number of hydrogen-bond donors (Lipinski definition) is 0. The summed E-state index contributed by atoms with van der Waals surface area (Å²) in [5, 5.41) is 0. The number of methoxy groups -OCH3 is 1. The molecule has 1 heterocycles. The van der Waals surface area contributed by atoms with E-state index in [9.17, 15) is 4.39 Å². The Kier molecular flexibility index (Phi) is 4.13. The molecule has 1 fully saturated rings. The molecular formula is C12H24FNO. The molecule has 3 heteroatoms. The van der Waals surface area contributed by atoms with Crippen LogP contribution in [-0.4, -0.2) is 43.9 Å². The van der Waals surface area contributed by atoms with Gasteiger partial charge in [-0.15, -0.1) is 0 Å². The summed E-state index contributed by atoms with van der Waals surface area (Å²) >= 11 is 0. The number of piperidine rings is 1. The molecule has 0 bridgehead atoms. The Morgan fingerprint density at radius 3 is 2.13 bits per heavy atom. The van der Waals surface area contributed by atoms with Crippen LogP contribution in [0.4, 0.5) is 4.39 Å². The highest BCUT2D eigenvalue weighted by atomic mass is 19.1. The molecule has 0 N–H and O–H groups in total. The third-order valence-corrected chi connectivity index (χ3v) is 3.82. The summed E-state index contributed by atoms with van der Waals surface area (Å²) in [6, 6.07) is 0. The Labute approximate surface area is 92.8 Å². The number of rotatable bonds is 3. The maximum Gasteiger partial charge on any atom is 0.102 e. The molecule has 1 saturated heterocycles. The summed E-state index contributed by atoms with van der Waals surface area (Å²) in [5.41, 5.74) is 0.128. The lowest BCUT2D eigenvalue weighted by Gasteiger charge is -2.48. The van der Waals surface area contributed by atoms with Crippen LogP contribution in [-0.2, 0) is 4.74 Å². The van der Waals surface area contributed by atoms with E-state index in [2.05, 4.69) is 25.7 Å². The average molecular weight is 217 g/mol. The highest BCUT2D eigenvalue weighted by Crippen LogP contribution is 2.41. The van der Waals surface area contributed by atoms with Crippen LogP contribution in [0.5, 0.6) is 0 Å². The maximum atomic E-state index is 12.2. The number of likely N-dealkylation sites (tertiary alicyclic amines) is 1. The molecule has 0 amide bonds. The third kappa shape index (κ3) is 2.70. The SMILES string of the molecule is COC1(C(C)(C)C)CCN(CCF)CC1. The predicted octanol–water partition coefficient (Wildman–Crippen LogP) is 2.48. The summed E-state index contributed by atoms with van der Waals surface area (Å²) in [7, 11) is 1.80. The first-order valence-corrected chi connectivity index (χ1v) is 5.79. The molecule has 15 heavy (non-hydrogen) atoms. The van der Waals surface area contributed by atoms with Gasteiger partial charge in [-0.2, -0.15) is 0 Å². The van der Waals surface area contributed by atoms with Crippen LogP contribution in [0.25, 0.3) is 0 Å². The van der Waals surface area contributed by atoms with Crippen molar-refractivity contribution in [1.29, 1.82) is 0 Å². The zero-order chi connectivity index (χ0) is 11.5. The standard InChI is InChI=1S/C12H24FNO/c1-11(2,3)12(15-4)5-8-14(9-6-12)10-7-13/h5-10H2,1-4H3. The van der Waals surface area contributed by atoms with E-state index in [0.29, 0.717) is 6.54 Å². The highest BCUT2D eigenvalue weighted by Gasteiger charge is 2.44. The van der Waals surface area contributed by atoms with Crippen molar-refractivity contribution in [3.05, 3.63) is 0 Å². The number of alkyl halides is 1. The minimum absolute atomic E-state index is 0.0280. The molecule has 2 nitrogen and oxygen atoms in total. The van der Waals surface area contributed by atoms with Crippen molar-refractivity contribution in [1.82, 2.24) is 4.90 Å². The quantitative estimate of drug-likeness (QED) is 0.720. The summed E-state index contributed by atoms with van der Waals surface area (Å²) in [6.45, 7) is 8.91. The Morgan fingerprint density at radius 1 is 1.27 bits per heavy atom. The van der Waals surface area contributed by atoms with E-state index in [1.54, 1.807) is 7.11 Å². The van der Waals surface area contributed by atoms with Gasteiger partial charge >= 0.3 is 0 Å². The fourth-order valence-electron chi connectivity index (χ4n) is 2.52. The molecule has 0 aromatic carbocycles. The first kappa shape index (κ1) is 12.9. The van der Waals surface area contributed by atoms with Gasteiger partial charge in [-0.05, 0) is 18.3 Å². The van der Waals surface area contributed by atoms with Gasteiger partial charge in [0.25, 0.3) is 0 Å². The van der Waals surface area contributed by atoms with Crippen molar-refractivity contribution in [2.24, 2.45) is 5.41 Å². The largest absolute Gasteiger partial charge is 0.378 e. The van der Waals surface area contributed by atoms with Gasteiger partial charge < -0.3 is 9.64 Å². The molecule has 0 saturated carbocycles. The van der Waals surface area contributed by atoms with E-state index >= 15 is 0 Å². The van der Waals surface area contributed by atoms with Gasteiger partial charge in [-0.1, -0.05) is 20.8 Å². The zero-order valence-electron chi connectivity index (χ0n) is 10.5. The lowest BCUT2D eigenvalue weighted by molar-refractivity contribution is -0.126.